The number of rotatable bonds is 6. The summed E-state index contributed by atoms with van der Waals surface area (Å²) >= 11 is 0. The van der Waals surface area contributed by atoms with Gasteiger partial charge in [0.1, 0.15) is 23.1 Å². The van der Waals surface area contributed by atoms with Crippen molar-refractivity contribution in [3.05, 3.63) is 63.6 Å². The number of carbonyl (C=O) groups excluding carboxylic acids is 1. The number of nitrogens with one attached hydrogen (secondary N) is 1. The van der Waals surface area contributed by atoms with Crippen LogP contribution < -0.4 is 10.1 Å². The summed E-state index contributed by atoms with van der Waals surface area (Å²) in [6, 6.07) is 5.97. The molecule has 0 unspecified atom stereocenters. The van der Waals surface area contributed by atoms with Gasteiger partial charge in [-0.05, 0) is 56.5 Å². The molecule has 0 saturated heterocycles. The summed E-state index contributed by atoms with van der Waals surface area (Å²) in [5.41, 5.74) is 4.35. The molecule has 8 heteroatoms. The van der Waals surface area contributed by atoms with Crippen molar-refractivity contribution in [1.29, 1.82) is 0 Å². The predicted octanol–water partition coefficient (Wildman–Crippen LogP) is 3.10. The van der Waals surface area contributed by atoms with Crippen molar-refractivity contribution in [2.75, 3.05) is 20.2 Å². The number of fused-ring (bicyclic) bond motifs is 1. The zero-order valence-corrected chi connectivity index (χ0v) is 19.5. The molecule has 170 valence electrons. The van der Waals surface area contributed by atoms with E-state index in [1.54, 1.807) is 20.1 Å². The molecule has 1 N–H and O–H groups in total. The van der Waals surface area contributed by atoms with Gasteiger partial charge in [-0.25, -0.2) is 0 Å². The van der Waals surface area contributed by atoms with Crippen LogP contribution in [-0.2, 0) is 26.1 Å². The van der Waals surface area contributed by atoms with Crippen LogP contribution in [0.2, 0.25) is 0 Å². The molecule has 0 atom stereocenters. The molecule has 0 radical (unpaired) electrons. The van der Waals surface area contributed by atoms with Crippen molar-refractivity contribution in [1.82, 2.24) is 25.0 Å². The monoisotopic (exact) mass is 437 g/mol. The lowest BCUT2D eigenvalue weighted by Crippen LogP contribution is -2.28. The van der Waals surface area contributed by atoms with Gasteiger partial charge in [-0.1, -0.05) is 6.07 Å². The van der Waals surface area contributed by atoms with Gasteiger partial charge in [-0.3, -0.25) is 9.69 Å². The Bertz CT molecular complexity index is 1130. The molecular formula is C24H31N5O3. The second-order valence-corrected chi connectivity index (χ2v) is 8.40. The Morgan fingerprint density at radius 2 is 1.94 bits per heavy atom. The van der Waals surface area contributed by atoms with Gasteiger partial charge in [-0.15, -0.1) is 10.2 Å². The van der Waals surface area contributed by atoms with E-state index in [1.807, 2.05) is 6.92 Å². The van der Waals surface area contributed by atoms with Crippen molar-refractivity contribution >= 4 is 5.91 Å². The zero-order valence-electron chi connectivity index (χ0n) is 19.5. The molecule has 0 aliphatic carbocycles. The minimum atomic E-state index is -0.155. The molecular weight excluding hydrogens is 406 g/mol. The van der Waals surface area contributed by atoms with Crippen molar-refractivity contribution in [2.45, 2.75) is 53.8 Å². The van der Waals surface area contributed by atoms with Crippen LogP contribution in [0.3, 0.4) is 0 Å². The number of benzene rings is 1. The SMILES string of the molecule is COc1ccc(CN2CCc3nnc(CNC(=O)c4cc(C)oc4C)n3CC2)c(C)c1C. The number of methoxy groups -OCH3 is 1. The number of carbonyl (C=O) groups is 1. The highest BCUT2D eigenvalue weighted by Crippen LogP contribution is 2.25. The normalized spacial score (nSPS) is 14.2. The second kappa shape index (κ2) is 9.16. The molecule has 1 aliphatic rings. The Morgan fingerprint density at radius 3 is 2.66 bits per heavy atom. The summed E-state index contributed by atoms with van der Waals surface area (Å²) in [7, 11) is 1.71. The lowest BCUT2D eigenvalue weighted by atomic mass is 10.0. The fourth-order valence-electron chi connectivity index (χ4n) is 4.31. The minimum absolute atomic E-state index is 0.155. The fourth-order valence-corrected chi connectivity index (χ4v) is 4.31. The molecule has 0 fully saturated rings. The van der Waals surface area contributed by atoms with Gasteiger partial charge in [0.25, 0.3) is 5.91 Å². The summed E-state index contributed by atoms with van der Waals surface area (Å²) in [4.78, 5) is 15.0. The molecule has 0 bridgehead atoms. The minimum Gasteiger partial charge on any atom is -0.496 e. The van der Waals surface area contributed by atoms with Crippen LogP contribution in [0.25, 0.3) is 0 Å². The Morgan fingerprint density at radius 1 is 1.12 bits per heavy atom. The van der Waals surface area contributed by atoms with E-state index in [1.165, 1.54) is 16.7 Å². The lowest BCUT2D eigenvalue weighted by Gasteiger charge is -2.22. The van der Waals surface area contributed by atoms with Gasteiger partial charge in [-0.2, -0.15) is 0 Å². The Balaban J connectivity index is 1.40. The number of furan rings is 1. The van der Waals surface area contributed by atoms with Crippen LogP contribution in [0.5, 0.6) is 5.75 Å². The molecule has 2 aromatic heterocycles. The number of aromatic nitrogens is 3. The standard InChI is InChI=1S/C24H31N5O3/c1-15-12-20(18(4)32-15)24(30)25-13-23-27-26-22-8-9-28(10-11-29(22)23)14-19-6-7-21(31-5)17(3)16(19)2/h6-7,12H,8-11,13-14H2,1-5H3,(H,25,30). The van der Waals surface area contributed by atoms with Gasteiger partial charge in [0.05, 0.1) is 19.2 Å². The van der Waals surface area contributed by atoms with E-state index in [0.29, 0.717) is 17.9 Å². The van der Waals surface area contributed by atoms with E-state index in [2.05, 4.69) is 51.0 Å². The van der Waals surface area contributed by atoms with Gasteiger partial charge in [0, 0.05) is 32.6 Å². The summed E-state index contributed by atoms with van der Waals surface area (Å²) < 4.78 is 13.0. The highest BCUT2D eigenvalue weighted by Gasteiger charge is 2.21. The molecule has 1 aliphatic heterocycles. The second-order valence-electron chi connectivity index (χ2n) is 8.40. The maximum absolute atomic E-state index is 12.5. The summed E-state index contributed by atoms with van der Waals surface area (Å²) in [6.07, 6.45) is 0.829. The van der Waals surface area contributed by atoms with Gasteiger partial charge >= 0.3 is 0 Å². The Hall–Kier alpha value is -3.13. The van der Waals surface area contributed by atoms with E-state index in [0.717, 1.165) is 55.8 Å². The molecule has 1 amide bonds. The summed E-state index contributed by atoms with van der Waals surface area (Å²) in [5, 5.41) is 11.7. The van der Waals surface area contributed by atoms with Crippen LogP contribution in [0.15, 0.2) is 22.6 Å². The molecule has 8 nitrogen and oxygen atoms in total. The van der Waals surface area contributed by atoms with Crippen LogP contribution in [-0.4, -0.2) is 45.8 Å². The van der Waals surface area contributed by atoms with Gasteiger partial charge in [0.15, 0.2) is 5.82 Å². The first-order valence-corrected chi connectivity index (χ1v) is 11.0. The van der Waals surface area contributed by atoms with Crippen LogP contribution in [0.4, 0.5) is 0 Å². The molecule has 0 spiro atoms. The molecule has 3 aromatic rings. The highest BCUT2D eigenvalue weighted by atomic mass is 16.5. The Kier molecular flexibility index (Phi) is 6.32. The van der Waals surface area contributed by atoms with Crippen molar-refractivity contribution < 1.29 is 13.9 Å². The van der Waals surface area contributed by atoms with Crippen LogP contribution in [0, 0.1) is 27.7 Å². The van der Waals surface area contributed by atoms with Crippen LogP contribution >= 0.6 is 0 Å². The van der Waals surface area contributed by atoms with E-state index >= 15 is 0 Å². The van der Waals surface area contributed by atoms with Crippen molar-refractivity contribution in [3.63, 3.8) is 0 Å². The van der Waals surface area contributed by atoms with E-state index < -0.39 is 0 Å². The number of amides is 1. The van der Waals surface area contributed by atoms with E-state index in [4.69, 9.17) is 9.15 Å². The molecule has 4 rings (SSSR count). The number of aryl methyl sites for hydroxylation is 2. The first-order chi connectivity index (χ1) is 15.4. The molecule has 3 heterocycles. The summed E-state index contributed by atoms with van der Waals surface area (Å²) in [5.74, 6) is 3.88. The number of hydrogen-bond donors (Lipinski definition) is 1. The van der Waals surface area contributed by atoms with Gasteiger partial charge < -0.3 is 19.0 Å². The first-order valence-electron chi connectivity index (χ1n) is 11.0. The van der Waals surface area contributed by atoms with Crippen molar-refractivity contribution in [2.24, 2.45) is 0 Å². The molecule has 1 aromatic carbocycles. The maximum Gasteiger partial charge on any atom is 0.255 e. The number of nitrogens with zero attached hydrogens (tertiary/aromatic N) is 4. The summed E-state index contributed by atoms with van der Waals surface area (Å²) in [6.45, 7) is 11.7. The van der Waals surface area contributed by atoms with E-state index in [9.17, 15) is 4.79 Å². The third-order valence-electron chi connectivity index (χ3n) is 6.35. The highest BCUT2D eigenvalue weighted by molar-refractivity contribution is 5.95. The third kappa shape index (κ3) is 4.41. The fraction of sp³-hybridized carbons (Fsp3) is 0.458. The quantitative estimate of drug-likeness (QED) is 0.638. The molecule has 32 heavy (non-hydrogen) atoms. The lowest BCUT2D eigenvalue weighted by molar-refractivity contribution is 0.0948. The average Bonchev–Trinajstić information content (AvgIpc) is 3.26. The molecule has 0 saturated carbocycles. The van der Waals surface area contributed by atoms with Crippen LogP contribution in [0.1, 0.15) is 50.2 Å². The third-order valence-corrected chi connectivity index (χ3v) is 6.35. The smallest absolute Gasteiger partial charge is 0.255 e. The largest absolute Gasteiger partial charge is 0.496 e. The van der Waals surface area contributed by atoms with Gasteiger partial charge in [0.2, 0.25) is 0 Å². The first kappa shape index (κ1) is 22.1. The topological polar surface area (TPSA) is 85.4 Å². The number of hydrogen-bond acceptors (Lipinski definition) is 6. The maximum atomic E-state index is 12.5. The van der Waals surface area contributed by atoms with Crippen molar-refractivity contribution in [3.8, 4) is 5.75 Å². The average molecular weight is 438 g/mol. The van der Waals surface area contributed by atoms with E-state index in [-0.39, 0.29) is 5.91 Å². The Labute approximate surface area is 188 Å². The zero-order chi connectivity index (χ0) is 22.8. The predicted molar refractivity (Wildman–Crippen MR) is 121 cm³/mol. The number of ether oxygens (including phenoxy) is 1.